The second-order valence-electron chi connectivity index (χ2n) is 5.37. The van der Waals surface area contributed by atoms with Crippen LogP contribution in [0.2, 0.25) is 0 Å². The number of rotatable bonds is 2. The lowest BCUT2D eigenvalue weighted by Crippen LogP contribution is -2.25. The molecule has 3 rings (SSSR count). The highest BCUT2D eigenvalue weighted by molar-refractivity contribution is 14.1. The largest absolute Gasteiger partial charge is 0.393 e. The van der Waals surface area contributed by atoms with E-state index in [1.54, 1.807) is 12.1 Å². The van der Waals surface area contributed by atoms with Crippen LogP contribution in [0.5, 0.6) is 0 Å². The summed E-state index contributed by atoms with van der Waals surface area (Å²) < 4.78 is 0.904. The lowest BCUT2D eigenvalue weighted by molar-refractivity contribution is -0.384. The Hall–Kier alpha value is -0.890. The molecule has 2 aliphatic rings. The average Bonchev–Trinajstić information content (AvgIpc) is 2.92. The van der Waals surface area contributed by atoms with Gasteiger partial charge in [-0.15, -0.1) is 0 Å². The molecule has 1 aliphatic heterocycles. The minimum atomic E-state index is -0.367. The van der Waals surface area contributed by atoms with Gasteiger partial charge in [0.2, 0.25) is 0 Å². The predicted octanol–water partition coefficient (Wildman–Crippen LogP) is 2.41. The van der Waals surface area contributed by atoms with Crippen LogP contribution in [0.15, 0.2) is 18.2 Å². The monoisotopic (exact) mass is 374 g/mol. The topological polar surface area (TPSA) is 66.6 Å². The molecule has 1 aromatic carbocycles. The number of aliphatic hydroxyl groups excluding tert-OH is 1. The molecule has 0 bridgehead atoms. The molecule has 1 aromatic rings. The zero-order valence-electron chi connectivity index (χ0n) is 10.3. The Morgan fingerprint density at radius 2 is 2.16 bits per heavy atom. The summed E-state index contributed by atoms with van der Waals surface area (Å²) in [7, 11) is 0. The number of hydrogen-bond acceptors (Lipinski definition) is 4. The molecule has 6 heteroatoms. The third-order valence-electron chi connectivity index (χ3n) is 4.30. The Labute approximate surface area is 124 Å². The van der Waals surface area contributed by atoms with Crippen molar-refractivity contribution >= 4 is 34.0 Å². The first-order chi connectivity index (χ1) is 9.06. The van der Waals surface area contributed by atoms with Gasteiger partial charge in [-0.3, -0.25) is 10.1 Å². The molecular formula is C13H15IN2O3. The summed E-state index contributed by atoms with van der Waals surface area (Å²) in [6.45, 7) is 1.81. The van der Waals surface area contributed by atoms with E-state index in [1.165, 1.54) is 0 Å². The first-order valence-electron chi connectivity index (χ1n) is 6.43. The fourth-order valence-corrected chi connectivity index (χ4v) is 4.14. The molecule has 0 aromatic heterocycles. The van der Waals surface area contributed by atoms with E-state index in [-0.39, 0.29) is 16.7 Å². The predicted molar refractivity (Wildman–Crippen MR) is 80.2 cm³/mol. The normalized spacial score (nSPS) is 29.6. The van der Waals surface area contributed by atoms with Crippen molar-refractivity contribution in [2.24, 2.45) is 11.8 Å². The Morgan fingerprint density at radius 1 is 1.37 bits per heavy atom. The highest BCUT2D eigenvalue weighted by atomic mass is 127. The van der Waals surface area contributed by atoms with Gasteiger partial charge in [0.05, 0.1) is 16.7 Å². The maximum absolute atomic E-state index is 10.7. The Morgan fingerprint density at radius 3 is 2.79 bits per heavy atom. The van der Waals surface area contributed by atoms with Gasteiger partial charge in [-0.05, 0) is 47.4 Å². The second kappa shape index (κ2) is 4.90. The summed E-state index contributed by atoms with van der Waals surface area (Å²) in [6.07, 6.45) is 1.83. The molecule has 1 saturated heterocycles. The van der Waals surface area contributed by atoms with E-state index < -0.39 is 0 Å². The van der Waals surface area contributed by atoms with Crippen LogP contribution in [-0.4, -0.2) is 29.2 Å². The number of aliphatic hydroxyl groups is 1. The number of hydrogen-bond donors (Lipinski definition) is 1. The molecule has 0 amide bonds. The number of nitro groups is 1. The van der Waals surface area contributed by atoms with Crippen LogP contribution >= 0.6 is 22.6 Å². The Kier molecular flexibility index (Phi) is 3.38. The average molecular weight is 374 g/mol. The zero-order valence-corrected chi connectivity index (χ0v) is 12.5. The minimum absolute atomic E-state index is 0.132. The molecule has 3 atom stereocenters. The molecule has 1 aliphatic carbocycles. The van der Waals surface area contributed by atoms with Gasteiger partial charge in [0.25, 0.3) is 5.69 Å². The number of halogens is 1. The van der Waals surface area contributed by atoms with Crippen molar-refractivity contribution in [2.45, 2.75) is 18.9 Å². The third kappa shape index (κ3) is 2.31. The van der Waals surface area contributed by atoms with E-state index in [4.69, 9.17) is 0 Å². The lowest BCUT2D eigenvalue weighted by atomic mass is 10.00. The van der Waals surface area contributed by atoms with Gasteiger partial charge in [-0.25, -0.2) is 0 Å². The van der Waals surface area contributed by atoms with Gasteiger partial charge >= 0.3 is 0 Å². The maximum atomic E-state index is 10.7. The van der Waals surface area contributed by atoms with Crippen LogP contribution in [-0.2, 0) is 0 Å². The van der Waals surface area contributed by atoms with Crippen molar-refractivity contribution in [3.05, 3.63) is 31.9 Å². The van der Waals surface area contributed by atoms with Gasteiger partial charge in [0.1, 0.15) is 0 Å². The molecule has 0 radical (unpaired) electrons. The summed E-state index contributed by atoms with van der Waals surface area (Å²) in [5, 5.41) is 20.7. The number of anilines is 1. The number of benzene rings is 1. The van der Waals surface area contributed by atoms with Crippen LogP contribution in [0.4, 0.5) is 11.4 Å². The first kappa shape index (κ1) is 13.1. The molecule has 102 valence electrons. The first-order valence-corrected chi connectivity index (χ1v) is 7.51. The van der Waals surface area contributed by atoms with E-state index in [9.17, 15) is 15.2 Å². The summed E-state index contributed by atoms with van der Waals surface area (Å²) in [5.41, 5.74) is 1.18. The van der Waals surface area contributed by atoms with Gasteiger partial charge in [0, 0.05) is 34.7 Å². The molecule has 3 unspecified atom stereocenters. The second-order valence-corrected chi connectivity index (χ2v) is 6.53. The summed E-state index contributed by atoms with van der Waals surface area (Å²) >= 11 is 2.15. The van der Waals surface area contributed by atoms with E-state index in [1.807, 2.05) is 6.07 Å². The summed E-state index contributed by atoms with van der Waals surface area (Å²) in [4.78, 5) is 12.6. The van der Waals surface area contributed by atoms with E-state index in [0.29, 0.717) is 11.8 Å². The lowest BCUT2D eigenvalue weighted by Gasteiger charge is -2.21. The fraction of sp³-hybridized carbons (Fsp3) is 0.538. The van der Waals surface area contributed by atoms with Crippen LogP contribution in [0, 0.1) is 25.5 Å². The number of non-ortho nitro benzene ring substituents is 1. The summed E-state index contributed by atoms with van der Waals surface area (Å²) in [5.74, 6) is 0.937. The molecule has 0 spiro atoms. The van der Waals surface area contributed by atoms with Crippen LogP contribution < -0.4 is 4.90 Å². The van der Waals surface area contributed by atoms with Gasteiger partial charge in [0.15, 0.2) is 0 Å². The van der Waals surface area contributed by atoms with Crippen molar-refractivity contribution in [2.75, 3.05) is 18.0 Å². The fourth-order valence-electron chi connectivity index (χ4n) is 3.30. The number of nitrogens with zero attached hydrogens (tertiary/aromatic N) is 2. The number of nitro benzene ring substituents is 1. The van der Waals surface area contributed by atoms with Crippen LogP contribution in [0.3, 0.4) is 0 Å². The minimum Gasteiger partial charge on any atom is -0.393 e. The quantitative estimate of drug-likeness (QED) is 0.491. The smallest absolute Gasteiger partial charge is 0.270 e. The molecule has 2 fully saturated rings. The number of fused-ring (bicyclic) bond motifs is 1. The van der Waals surface area contributed by atoms with Crippen molar-refractivity contribution in [1.29, 1.82) is 0 Å². The van der Waals surface area contributed by atoms with Crippen molar-refractivity contribution in [3.8, 4) is 0 Å². The van der Waals surface area contributed by atoms with Crippen LogP contribution in [0.1, 0.15) is 12.8 Å². The van der Waals surface area contributed by atoms with Crippen molar-refractivity contribution in [1.82, 2.24) is 0 Å². The van der Waals surface area contributed by atoms with E-state index >= 15 is 0 Å². The van der Waals surface area contributed by atoms with E-state index in [0.717, 1.165) is 35.2 Å². The Bertz CT molecular complexity index is 523. The highest BCUT2D eigenvalue weighted by Gasteiger charge is 2.42. The standard InChI is InChI=1S/C13H15IN2O3/c14-11-5-9(16(18)19)2-3-12(11)15-6-8-1-4-13(17)10(8)7-15/h2-3,5,8,10,13,17H,1,4,6-7H2. The van der Waals surface area contributed by atoms with Gasteiger partial charge in [-0.1, -0.05) is 0 Å². The van der Waals surface area contributed by atoms with Gasteiger partial charge < -0.3 is 10.0 Å². The van der Waals surface area contributed by atoms with Crippen LogP contribution in [0.25, 0.3) is 0 Å². The summed E-state index contributed by atoms with van der Waals surface area (Å²) in [6, 6.07) is 5.00. The SMILES string of the molecule is O=[N+]([O-])c1ccc(N2CC3CCC(O)C3C2)c(I)c1. The van der Waals surface area contributed by atoms with Gasteiger partial charge in [-0.2, -0.15) is 0 Å². The molecule has 1 saturated carbocycles. The molecule has 1 heterocycles. The molecule has 1 N–H and O–H groups in total. The van der Waals surface area contributed by atoms with Crippen molar-refractivity contribution in [3.63, 3.8) is 0 Å². The van der Waals surface area contributed by atoms with E-state index in [2.05, 4.69) is 27.5 Å². The Balaban J connectivity index is 1.82. The third-order valence-corrected chi connectivity index (χ3v) is 5.17. The molecular weight excluding hydrogens is 359 g/mol. The molecule has 19 heavy (non-hydrogen) atoms. The zero-order chi connectivity index (χ0) is 13.6. The van der Waals surface area contributed by atoms with Crippen molar-refractivity contribution < 1.29 is 10.0 Å². The maximum Gasteiger partial charge on any atom is 0.270 e. The highest BCUT2D eigenvalue weighted by Crippen LogP contribution is 2.41. The molecule has 5 nitrogen and oxygen atoms in total.